The lowest BCUT2D eigenvalue weighted by Crippen LogP contribution is -2.26. The Morgan fingerprint density at radius 3 is 1.88 bits per heavy atom. The van der Waals surface area contributed by atoms with Crippen molar-refractivity contribution >= 4 is 13.6 Å². The minimum absolute atomic E-state index is 0.591. The summed E-state index contributed by atoms with van der Waals surface area (Å²) in [6, 6.07) is 0. The van der Waals surface area contributed by atoms with Gasteiger partial charge in [-0.05, 0) is 20.8 Å². The molecule has 0 rings (SSSR count). The van der Waals surface area contributed by atoms with Crippen LogP contribution in [-0.2, 0) is 33.2 Å². The summed E-state index contributed by atoms with van der Waals surface area (Å²) in [5.41, 5.74) is -0.679. The molecule has 16 heavy (non-hydrogen) atoms. The minimum Gasteiger partial charge on any atom is -0.459 e. The lowest BCUT2D eigenvalue weighted by atomic mass is 10.2. The quantitative estimate of drug-likeness (QED) is 0.309. The summed E-state index contributed by atoms with van der Waals surface area (Å²) >= 11 is 0. The summed E-state index contributed by atoms with van der Waals surface area (Å²) in [5.74, 6) is -0.732. The lowest BCUT2D eigenvalue weighted by molar-refractivity contribution is -0.242. The Bertz CT molecular complexity index is 260. The Kier molecular flexibility index (Phi) is 6.14. The molecule has 0 aliphatic heterocycles. The maximum absolute atomic E-state index is 11.7. The largest absolute Gasteiger partial charge is 0.459 e. The molecule has 0 atom stereocenters. The van der Waals surface area contributed by atoms with Crippen LogP contribution in [0.5, 0.6) is 0 Å². The zero-order chi connectivity index (χ0) is 12.8. The van der Waals surface area contributed by atoms with E-state index in [0.717, 1.165) is 14.2 Å². The fraction of sp³-hybridized carbons (Fsp3) is 0.875. The molecule has 0 saturated carbocycles. The fourth-order valence-corrected chi connectivity index (χ4v) is 1.79. The van der Waals surface area contributed by atoms with Gasteiger partial charge in [0.2, 0.25) is 0 Å². The van der Waals surface area contributed by atoms with Crippen molar-refractivity contribution in [2.24, 2.45) is 0 Å². The number of hydrogen-bond donors (Lipinski definition) is 0. The Hall–Kier alpha value is -0.460. The van der Waals surface area contributed by atoms with Gasteiger partial charge in [0.1, 0.15) is 5.60 Å². The van der Waals surface area contributed by atoms with E-state index in [0.29, 0.717) is 0 Å². The molecule has 0 aromatic rings. The van der Waals surface area contributed by atoms with Crippen LogP contribution in [0.3, 0.4) is 0 Å². The van der Waals surface area contributed by atoms with E-state index in [1.807, 2.05) is 0 Å². The van der Waals surface area contributed by atoms with E-state index < -0.39 is 25.3 Å². The van der Waals surface area contributed by atoms with Crippen molar-refractivity contribution in [3.05, 3.63) is 0 Å². The monoisotopic (exact) mass is 256 g/mol. The number of carbonyl (C=O) groups excluding carboxylic acids is 1. The van der Waals surface area contributed by atoms with E-state index in [2.05, 4.69) is 19.1 Å². The Labute approximate surface area is 94.3 Å². The van der Waals surface area contributed by atoms with E-state index >= 15 is 0 Å². The van der Waals surface area contributed by atoms with Crippen LogP contribution in [0.15, 0.2) is 0 Å². The van der Waals surface area contributed by atoms with Crippen molar-refractivity contribution in [2.75, 3.05) is 20.4 Å². The zero-order valence-electron chi connectivity index (χ0n) is 10.0. The number of esters is 1. The van der Waals surface area contributed by atoms with Crippen molar-refractivity contribution in [3.8, 4) is 0 Å². The molecule has 0 aromatic carbocycles. The first-order valence-corrected chi connectivity index (χ1v) is 6.21. The maximum atomic E-state index is 11.7. The first-order chi connectivity index (χ1) is 7.22. The van der Waals surface area contributed by atoms with Gasteiger partial charge in [-0.25, -0.2) is 9.78 Å². The molecule has 0 amide bonds. The number of carbonyl (C=O) groups is 1. The highest BCUT2D eigenvalue weighted by atomic mass is 31.2. The summed E-state index contributed by atoms with van der Waals surface area (Å²) in [6.07, 6.45) is -0.591. The first kappa shape index (κ1) is 15.5. The van der Waals surface area contributed by atoms with Gasteiger partial charge in [0.15, 0.2) is 6.16 Å². The van der Waals surface area contributed by atoms with Crippen molar-refractivity contribution in [1.82, 2.24) is 0 Å². The fourth-order valence-electron chi connectivity index (χ4n) is 0.824. The van der Waals surface area contributed by atoms with Gasteiger partial charge in [-0.3, -0.25) is 9.36 Å². The molecule has 0 spiro atoms. The molecule has 0 aliphatic carbocycles. The molecule has 0 aliphatic rings. The molecular weight excluding hydrogens is 239 g/mol. The van der Waals surface area contributed by atoms with Crippen molar-refractivity contribution in [1.29, 1.82) is 0 Å². The predicted molar refractivity (Wildman–Crippen MR) is 54.5 cm³/mol. The molecule has 0 unspecified atom stereocenters. The molecular formula is C8H17O7P. The zero-order valence-corrected chi connectivity index (χ0v) is 10.9. The summed E-state index contributed by atoms with van der Waals surface area (Å²) < 4.78 is 25.4. The molecule has 0 N–H and O–H groups in total. The minimum atomic E-state index is -3.78. The maximum Gasteiger partial charge on any atom is 0.395 e. The highest BCUT2D eigenvalue weighted by Gasteiger charge is 2.33. The van der Waals surface area contributed by atoms with Crippen LogP contribution >= 0.6 is 7.60 Å². The number of hydrogen-bond acceptors (Lipinski definition) is 7. The highest BCUT2D eigenvalue weighted by molar-refractivity contribution is 7.54. The summed E-state index contributed by atoms with van der Waals surface area (Å²) in [5, 5.41) is 0. The van der Waals surface area contributed by atoms with E-state index in [9.17, 15) is 9.36 Å². The van der Waals surface area contributed by atoms with Crippen LogP contribution in [-0.4, -0.2) is 32.0 Å². The molecule has 0 heterocycles. The van der Waals surface area contributed by atoms with Crippen LogP contribution < -0.4 is 0 Å². The van der Waals surface area contributed by atoms with E-state index in [4.69, 9.17) is 4.74 Å². The van der Waals surface area contributed by atoms with E-state index in [1.54, 1.807) is 20.8 Å². The second-order valence-electron chi connectivity index (χ2n) is 3.84. The molecule has 0 bridgehead atoms. The number of ether oxygens (including phenoxy) is 1. The van der Waals surface area contributed by atoms with E-state index in [1.165, 1.54) is 0 Å². The van der Waals surface area contributed by atoms with Gasteiger partial charge in [-0.2, -0.15) is 0 Å². The second-order valence-corrected chi connectivity index (χ2v) is 5.67. The molecule has 0 saturated heterocycles. The molecule has 96 valence electrons. The number of rotatable bonds is 6. The third kappa shape index (κ3) is 6.92. The predicted octanol–water partition coefficient (Wildman–Crippen LogP) is 1.68. The van der Waals surface area contributed by atoms with Gasteiger partial charge < -0.3 is 4.74 Å². The van der Waals surface area contributed by atoms with E-state index in [-0.39, 0.29) is 0 Å². The van der Waals surface area contributed by atoms with Gasteiger partial charge >= 0.3 is 13.6 Å². The molecule has 0 aromatic heterocycles. The molecule has 0 fully saturated rings. The van der Waals surface area contributed by atoms with Crippen LogP contribution in [0.2, 0.25) is 0 Å². The van der Waals surface area contributed by atoms with Gasteiger partial charge in [0.25, 0.3) is 0 Å². The average molecular weight is 256 g/mol. The second kappa shape index (κ2) is 6.32. The van der Waals surface area contributed by atoms with Crippen LogP contribution in [0.4, 0.5) is 0 Å². The van der Waals surface area contributed by atoms with Gasteiger partial charge in [0, 0.05) is 0 Å². The van der Waals surface area contributed by atoms with Crippen molar-refractivity contribution < 1.29 is 33.2 Å². The van der Waals surface area contributed by atoms with Gasteiger partial charge in [-0.1, -0.05) is 0 Å². The smallest absolute Gasteiger partial charge is 0.395 e. The average Bonchev–Trinajstić information content (AvgIpc) is 1.99. The molecule has 8 heteroatoms. The van der Waals surface area contributed by atoms with Crippen LogP contribution in [0.1, 0.15) is 20.8 Å². The standard InChI is InChI=1S/C8H17O7P/c1-8(2,3)13-7(9)6-16(10,14-11-4)15-12-5/h6H2,1-5H3. The van der Waals surface area contributed by atoms with Crippen LogP contribution in [0.25, 0.3) is 0 Å². The first-order valence-electron chi connectivity index (χ1n) is 4.48. The third-order valence-electron chi connectivity index (χ3n) is 1.12. The highest BCUT2D eigenvalue weighted by Crippen LogP contribution is 2.48. The normalized spacial score (nSPS) is 12.6. The Morgan fingerprint density at radius 2 is 1.56 bits per heavy atom. The van der Waals surface area contributed by atoms with Crippen molar-refractivity contribution in [2.45, 2.75) is 26.4 Å². The molecule has 0 radical (unpaired) electrons. The summed E-state index contributed by atoms with van der Waals surface area (Å²) in [6.45, 7) is 5.05. The topological polar surface area (TPSA) is 80.3 Å². The summed E-state index contributed by atoms with van der Waals surface area (Å²) in [7, 11) is -1.50. The van der Waals surface area contributed by atoms with Gasteiger partial charge in [0.05, 0.1) is 14.2 Å². The van der Waals surface area contributed by atoms with Crippen molar-refractivity contribution in [3.63, 3.8) is 0 Å². The Morgan fingerprint density at radius 1 is 1.12 bits per heavy atom. The lowest BCUT2D eigenvalue weighted by Gasteiger charge is -2.20. The summed E-state index contributed by atoms with van der Waals surface area (Å²) in [4.78, 5) is 19.8. The van der Waals surface area contributed by atoms with Gasteiger partial charge in [-0.15, -0.1) is 9.35 Å². The third-order valence-corrected chi connectivity index (χ3v) is 2.52. The van der Waals surface area contributed by atoms with Crippen LogP contribution in [0, 0.1) is 0 Å². The molecule has 7 nitrogen and oxygen atoms in total. The SMILES string of the molecule is COOP(=O)(CC(=O)OC(C)(C)C)OOC. The Balaban J connectivity index is 4.41.